The van der Waals surface area contributed by atoms with Crippen molar-refractivity contribution in [2.75, 3.05) is 13.2 Å². The fourth-order valence-electron chi connectivity index (χ4n) is 5.85. The molecule has 0 aromatic rings. The van der Waals surface area contributed by atoms with Crippen LogP contribution in [-0.2, 0) is 0 Å². The zero-order chi connectivity index (χ0) is 30.2. The number of unbranched alkanes of at least 4 members (excludes halogenated alkanes) is 33. The average molecular weight is 583 g/mol. The molecule has 0 aliphatic carbocycles. The quantitative estimate of drug-likeness (QED) is 0.0729. The fourth-order valence-corrected chi connectivity index (χ4v) is 5.85. The van der Waals surface area contributed by atoms with Gasteiger partial charge < -0.3 is 10.2 Å². The van der Waals surface area contributed by atoms with E-state index in [4.69, 9.17) is 10.2 Å². The largest absolute Gasteiger partial charge is 0.396 e. The highest BCUT2D eigenvalue weighted by atomic mass is 16.3. The predicted molar refractivity (Wildman–Crippen MR) is 187 cm³/mol. The van der Waals surface area contributed by atoms with E-state index in [-0.39, 0.29) is 0 Å². The monoisotopic (exact) mass is 583 g/mol. The van der Waals surface area contributed by atoms with Crippen molar-refractivity contribution in [1.82, 2.24) is 0 Å². The molecule has 0 aliphatic rings. The van der Waals surface area contributed by atoms with Gasteiger partial charge in [-0.3, -0.25) is 0 Å². The second-order valence-corrected chi connectivity index (χ2v) is 13.1. The van der Waals surface area contributed by atoms with Gasteiger partial charge in [-0.15, -0.1) is 0 Å². The maximum absolute atomic E-state index is 8.69. The molecule has 0 aliphatic heterocycles. The molecule has 41 heavy (non-hydrogen) atoms. The van der Waals surface area contributed by atoms with Crippen LogP contribution in [0, 0.1) is 0 Å². The van der Waals surface area contributed by atoms with Gasteiger partial charge in [0.1, 0.15) is 0 Å². The molecule has 0 amide bonds. The van der Waals surface area contributed by atoms with Crippen molar-refractivity contribution in [2.45, 2.75) is 239 Å². The van der Waals surface area contributed by atoms with Gasteiger partial charge in [0.05, 0.1) is 0 Å². The van der Waals surface area contributed by atoms with Crippen LogP contribution in [0.3, 0.4) is 0 Å². The summed E-state index contributed by atoms with van der Waals surface area (Å²) in [5, 5.41) is 17.4. The van der Waals surface area contributed by atoms with Gasteiger partial charge >= 0.3 is 0 Å². The zero-order valence-electron chi connectivity index (χ0n) is 29.1. The minimum atomic E-state index is 0.374. The molecule has 250 valence electrons. The number of aliphatic hydroxyl groups is 2. The van der Waals surface area contributed by atoms with Gasteiger partial charge in [-0.25, -0.2) is 0 Å². The van der Waals surface area contributed by atoms with Crippen molar-refractivity contribution in [2.24, 2.45) is 0 Å². The van der Waals surface area contributed by atoms with E-state index in [0.717, 1.165) is 12.8 Å². The van der Waals surface area contributed by atoms with Crippen molar-refractivity contribution in [1.29, 1.82) is 0 Å². The van der Waals surface area contributed by atoms with Crippen LogP contribution in [0.1, 0.15) is 239 Å². The van der Waals surface area contributed by atoms with Gasteiger partial charge in [0.25, 0.3) is 0 Å². The lowest BCUT2D eigenvalue weighted by atomic mass is 10.0. The third-order valence-corrected chi connectivity index (χ3v) is 8.77. The molecule has 2 N–H and O–H groups in total. The molecule has 0 atom stereocenters. The molecule has 0 heterocycles. The lowest BCUT2D eigenvalue weighted by Gasteiger charge is -2.03. The SMILES string of the molecule is CCCCCCCCCCCCCCCCCCCCO.CCCCCCCCCCCCCCCCCCCO. The molecule has 2 nitrogen and oxygen atoms in total. The first kappa shape index (κ1) is 43.0. The van der Waals surface area contributed by atoms with Crippen molar-refractivity contribution in [3.05, 3.63) is 0 Å². The number of hydrogen-bond donors (Lipinski definition) is 2. The Balaban J connectivity index is 0. The van der Waals surface area contributed by atoms with Crippen LogP contribution >= 0.6 is 0 Å². The highest BCUT2D eigenvalue weighted by Crippen LogP contribution is 2.15. The molecule has 0 saturated heterocycles. The molecule has 2 heteroatoms. The molecule has 0 radical (unpaired) electrons. The molecule has 0 aromatic heterocycles. The van der Waals surface area contributed by atoms with Gasteiger partial charge in [0.2, 0.25) is 0 Å². The summed E-state index contributed by atoms with van der Waals surface area (Å²) in [5.41, 5.74) is 0. The summed E-state index contributed by atoms with van der Waals surface area (Å²) in [5.74, 6) is 0. The summed E-state index contributed by atoms with van der Waals surface area (Å²) in [6.45, 7) is 5.32. The van der Waals surface area contributed by atoms with E-state index in [1.807, 2.05) is 0 Å². The first-order chi connectivity index (χ1) is 20.3. The molecule has 0 unspecified atom stereocenters. The second-order valence-electron chi connectivity index (χ2n) is 13.1. The topological polar surface area (TPSA) is 40.5 Å². The van der Waals surface area contributed by atoms with Crippen LogP contribution in [0.2, 0.25) is 0 Å². The summed E-state index contributed by atoms with van der Waals surface area (Å²) in [6.07, 6.45) is 48.8. The lowest BCUT2D eigenvalue weighted by Crippen LogP contribution is -1.85. The molecule has 0 bridgehead atoms. The van der Waals surface area contributed by atoms with Gasteiger partial charge in [-0.1, -0.05) is 226 Å². The number of hydrogen-bond acceptors (Lipinski definition) is 2. The van der Waals surface area contributed by atoms with E-state index in [1.165, 1.54) is 212 Å². The molecule has 0 aromatic carbocycles. The Morgan fingerprint density at radius 1 is 0.195 bits per heavy atom. The first-order valence-corrected chi connectivity index (χ1v) is 19.5. The van der Waals surface area contributed by atoms with Crippen LogP contribution in [-0.4, -0.2) is 23.4 Å². The summed E-state index contributed by atoms with van der Waals surface area (Å²) in [4.78, 5) is 0. The highest BCUT2D eigenvalue weighted by Gasteiger charge is 1.96. The maximum atomic E-state index is 8.69. The molecule has 0 rings (SSSR count). The van der Waals surface area contributed by atoms with Crippen molar-refractivity contribution >= 4 is 0 Å². The van der Waals surface area contributed by atoms with Crippen molar-refractivity contribution < 1.29 is 10.2 Å². The van der Waals surface area contributed by atoms with Gasteiger partial charge in [0, 0.05) is 13.2 Å². The molecule has 0 fully saturated rings. The summed E-state index contributed by atoms with van der Waals surface area (Å²) in [7, 11) is 0. The standard InChI is InChI=1S/C20H42O.C19H40O/c1-2-3-4-5-6-7-8-9-10-11-12-13-14-15-16-17-18-19-20-21;1-2-3-4-5-6-7-8-9-10-11-12-13-14-15-16-17-18-19-20/h21H,2-20H2,1H3;20H,2-19H2,1H3. The van der Waals surface area contributed by atoms with Crippen LogP contribution in [0.15, 0.2) is 0 Å². The van der Waals surface area contributed by atoms with Gasteiger partial charge in [-0.05, 0) is 12.8 Å². The molecular weight excluding hydrogens is 500 g/mol. The third kappa shape index (κ3) is 47.1. The number of aliphatic hydroxyl groups excluding tert-OH is 2. The molecular formula is C39H82O2. The minimum absolute atomic E-state index is 0.374. The van der Waals surface area contributed by atoms with E-state index in [0.29, 0.717) is 13.2 Å². The van der Waals surface area contributed by atoms with E-state index >= 15 is 0 Å². The second kappa shape index (κ2) is 44.4. The Kier molecular flexibility index (Phi) is 46.6. The predicted octanol–water partition coefficient (Wildman–Crippen LogP) is 13.7. The Morgan fingerprint density at radius 2 is 0.317 bits per heavy atom. The lowest BCUT2D eigenvalue weighted by molar-refractivity contribution is 0.282. The maximum Gasteiger partial charge on any atom is 0.0431 e. The summed E-state index contributed by atoms with van der Waals surface area (Å²) < 4.78 is 0. The highest BCUT2D eigenvalue weighted by molar-refractivity contribution is 4.51. The zero-order valence-corrected chi connectivity index (χ0v) is 29.1. The van der Waals surface area contributed by atoms with Crippen molar-refractivity contribution in [3.63, 3.8) is 0 Å². The van der Waals surface area contributed by atoms with E-state index in [9.17, 15) is 0 Å². The van der Waals surface area contributed by atoms with E-state index in [2.05, 4.69) is 13.8 Å². The average Bonchev–Trinajstić information content (AvgIpc) is 2.99. The van der Waals surface area contributed by atoms with Crippen LogP contribution in [0.25, 0.3) is 0 Å². The Bertz CT molecular complexity index is 361. The van der Waals surface area contributed by atoms with E-state index in [1.54, 1.807) is 0 Å². The Morgan fingerprint density at radius 3 is 0.439 bits per heavy atom. The summed E-state index contributed by atoms with van der Waals surface area (Å²) in [6, 6.07) is 0. The minimum Gasteiger partial charge on any atom is -0.396 e. The Hall–Kier alpha value is -0.0800. The van der Waals surface area contributed by atoms with Crippen LogP contribution in [0.4, 0.5) is 0 Å². The van der Waals surface area contributed by atoms with Crippen LogP contribution in [0.5, 0.6) is 0 Å². The van der Waals surface area contributed by atoms with E-state index < -0.39 is 0 Å². The third-order valence-electron chi connectivity index (χ3n) is 8.77. The van der Waals surface area contributed by atoms with Gasteiger partial charge in [0.15, 0.2) is 0 Å². The molecule has 0 saturated carbocycles. The molecule has 0 spiro atoms. The normalized spacial score (nSPS) is 11.1. The van der Waals surface area contributed by atoms with Crippen molar-refractivity contribution in [3.8, 4) is 0 Å². The summed E-state index contributed by atoms with van der Waals surface area (Å²) >= 11 is 0. The van der Waals surface area contributed by atoms with Gasteiger partial charge in [-0.2, -0.15) is 0 Å². The number of rotatable bonds is 35. The Labute approximate surface area is 261 Å². The fraction of sp³-hybridized carbons (Fsp3) is 1.00. The van der Waals surface area contributed by atoms with Crippen LogP contribution < -0.4 is 0 Å². The first-order valence-electron chi connectivity index (χ1n) is 19.5. The smallest absolute Gasteiger partial charge is 0.0431 e.